The minimum atomic E-state index is -0.949. The SMILES string of the molecule is CC(C)(C)[C@H]1CCc2c(sc(N=Cc3ccccc3OCc3ccc(C(=O)O)cc3)c2C#N)C1. The number of hydrogen-bond acceptors (Lipinski definition) is 5. The van der Waals surface area contributed by atoms with Gasteiger partial charge in [-0.05, 0) is 66.0 Å². The summed E-state index contributed by atoms with van der Waals surface area (Å²) in [6.07, 6.45) is 4.82. The van der Waals surface area contributed by atoms with Crippen LogP contribution in [-0.4, -0.2) is 17.3 Å². The number of hydrogen-bond donors (Lipinski definition) is 1. The van der Waals surface area contributed by atoms with Gasteiger partial charge in [-0.2, -0.15) is 5.26 Å². The first-order valence-electron chi connectivity index (χ1n) is 11.4. The van der Waals surface area contributed by atoms with Gasteiger partial charge in [-0.1, -0.05) is 45.0 Å². The third-order valence-corrected chi connectivity index (χ3v) is 7.58. The second kappa shape index (κ2) is 9.82. The van der Waals surface area contributed by atoms with Crippen molar-refractivity contribution in [3.8, 4) is 11.8 Å². The lowest BCUT2D eigenvalue weighted by molar-refractivity contribution is 0.0697. The quantitative estimate of drug-likeness (QED) is 0.400. The van der Waals surface area contributed by atoms with Crippen LogP contribution in [0, 0.1) is 22.7 Å². The Labute approximate surface area is 204 Å². The lowest BCUT2D eigenvalue weighted by Crippen LogP contribution is -2.26. The number of nitrogens with zero attached hydrogens (tertiary/aromatic N) is 2. The van der Waals surface area contributed by atoms with E-state index in [1.54, 1.807) is 41.8 Å². The van der Waals surface area contributed by atoms with Crippen LogP contribution in [-0.2, 0) is 19.4 Å². The van der Waals surface area contributed by atoms with Gasteiger partial charge in [0, 0.05) is 16.7 Å². The molecule has 4 rings (SSSR count). The zero-order valence-corrected chi connectivity index (χ0v) is 20.5. The highest BCUT2D eigenvalue weighted by Crippen LogP contribution is 2.44. The number of carbonyl (C=O) groups is 1. The molecule has 0 saturated carbocycles. The number of fused-ring (bicyclic) bond motifs is 1. The smallest absolute Gasteiger partial charge is 0.335 e. The molecule has 1 atom stereocenters. The Morgan fingerprint density at radius 2 is 1.97 bits per heavy atom. The second-order valence-electron chi connectivity index (χ2n) is 9.69. The number of carboxylic acid groups (broad SMARTS) is 1. The molecule has 0 spiro atoms. The number of aliphatic imine (C=N–C) groups is 1. The topological polar surface area (TPSA) is 82.7 Å². The zero-order chi connectivity index (χ0) is 24.3. The van der Waals surface area contributed by atoms with E-state index < -0.39 is 5.97 Å². The average Bonchev–Trinajstić information content (AvgIpc) is 3.18. The molecule has 3 aromatic rings. The monoisotopic (exact) mass is 472 g/mol. The van der Waals surface area contributed by atoms with Crippen molar-refractivity contribution in [2.75, 3.05) is 0 Å². The maximum atomic E-state index is 11.0. The molecule has 0 aliphatic heterocycles. The molecular formula is C28H28N2O3S. The largest absolute Gasteiger partial charge is 0.488 e. The van der Waals surface area contributed by atoms with E-state index >= 15 is 0 Å². The molecule has 1 aliphatic rings. The zero-order valence-electron chi connectivity index (χ0n) is 19.7. The number of carboxylic acids is 1. The van der Waals surface area contributed by atoms with Gasteiger partial charge < -0.3 is 9.84 Å². The van der Waals surface area contributed by atoms with Crippen LogP contribution in [0.2, 0.25) is 0 Å². The Hall–Kier alpha value is -3.43. The molecule has 1 aromatic heterocycles. The number of thiophene rings is 1. The van der Waals surface area contributed by atoms with Crippen molar-refractivity contribution < 1.29 is 14.6 Å². The number of para-hydroxylation sites is 1. The van der Waals surface area contributed by atoms with Crippen LogP contribution >= 0.6 is 11.3 Å². The first kappa shape index (κ1) is 23.7. The molecule has 0 amide bonds. The molecule has 5 nitrogen and oxygen atoms in total. The highest BCUT2D eigenvalue weighted by Gasteiger charge is 2.32. The van der Waals surface area contributed by atoms with Crippen LogP contribution in [0.5, 0.6) is 5.75 Å². The number of benzene rings is 2. The number of nitriles is 1. The minimum Gasteiger partial charge on any atom is -0.488 e. The van der Waals surface area contributed by atoms with E-state index in [0.29, 0.717) is 23.8 Å². The average molecular weight is 473 g/mol. The summed E-state index contributed by atoms with van der Waals surface area (Å²) in [6.45, 7) is 7.18. The van der Waals surface area contributed by atoms with Gasteiger partial charge in [0.1, 0.15) is 23.4 Å². The summed E-state index contributed by atoms with van der Waals surface area (Å²) in [7, 11) is 0. The molecule has 0 unspecified atom stereocenters. The van der Waals surface area contributed by atoms with Crippen LogP contribution in [0.25, 0.3) is 0 Å². The molecule has 0 bridgehead atoms. The van der Waals surface area contributed by atoms with Crippen LogP contribution in [0.4, 0.5) is 5.00 Å². The van der Waals surface area contributed by atoms with E-state index in [-0.39, 0.29) is 11.0 Å². The molecule has 0 fully saturated rings. The van der Waals surface area contributed by atoms with Crippen molar-refractivity contribution in [1.29, 1.82) is 5.26 Å². The minimum absolute atomic E-state index is 0.247. The van der Waals surface area contributed by atoms with E-state index in [4.69, 9.17) is 14.8 Å². The van der Waals surface area contributed by atoms with E-state index in [9.17, 15) is 10.1 Å². The first-order chi connectivity index (χ1) is 16.3. The van der Waals surface area contributed by atoms with Crippen molar-refractivity contribution in [2.45, 2.75) is 46.6 Å². The van der Waals surface area contributed by atoms with Gasteiger partial charge in [0.25, 0.3) is 0 Å². The molecule has 1 aliphatic carbocycles. The maximum Gasteiger partial charge on any atom is 0.335 e. The van der Waals surface area contributed by atoms with E-state index in [2.05, 4.69) is 26.8 Å². The van der Waals surface area contributed by atoms with Crippen LogP contribution in [0.1, 0.15) is 64.7 Å². The number of aromatic carboxylic acids is 1. The highest BCUT2D eigenvalue weighted by molar-refractivity contribution is 7.16. The van der Waals surface area contributed by atoms with Gasteiger partial charge in [0.05, 0.1) is 11.1 Å². The Balaban J connectivity index is 1.52. The van der Waals surface area contributed by atoms with Gasteiger partial charge in [-0.15, -0.1) is 11.3 Å². The molecule has 6 heteroatoms. The second-order valence-corrected chi connectivity index (χ2v) is 10.8. The Bertz CT molecular complexity index is 1260. The fraction of sp³-hybridized carbons (Fsp3) is 0.321. The highest BCUT2D eigenvalue weighted by atomic mass is 32.1. The van der Waals surface area contributed by atoms with Crippen LogP contribution < -0.4 is 4.74 Å². The van der Waals surface area contributed by atoms with Crippen molar-refractivity contribution >= 4 is 28.5 Å². The standard InChI is InChI=1S/C28H28N2O3S/c1-28(2,3)21-12-13-22-23(15-29)26(34-25(22)14-21)30-16-20-6-4-5-7-24(20)33-17-18-8-10-19(11-9-18)27(31)32/h4-11,16,21H,12-14,17H2,1-3H3,(H,31,32)/t21-/m0/s1. The molecule has 174 valence electrons. The molecular weight excluding hydrogens is 444 g/mol. The van der Waals surface area contributed by atoms with Crippen molar-refractivity contribution in [3.63, 3.8) is 0 Å². The predicted molar refractivity (Wildman–Crippen MR) is 135 cm³/mol. The molecule has 1 N–H and O–H groups in total. The Kier molecular flexibility index (Phi) is 6.85. The maximum absolute atomic E-state index is 11.0. The molecule has 0 radical (unpaired) electrons. The summed E-state index contributed by atoms with van der Waals surface area (Å²) in [5, 5.41) is 19.6. The molecule has 2 aromatic carbocycles. The third kappa shape index (κ3) is 5.21. The first-order valence-corrected chi connectivity index (χ1v) is 12.2. The van der Waals surface area contributed by atoms with Crippen LogP contribution in [0.3, 0.4) is 0 Å². The summed E-state index contributed by atoms with van der Waals surface area (Å²) in [5.41, 5.74) is 4.09. The Morgan fingerprint density at radius 3 is 2.65 bits per heavy atom. The van der Waals surface area contributed by atoms with Gasteiger partial charge in [-0.25, -0.2) is 9.79 Å². The normalized spacial score (nSPS) is 15.6. The fourth-order valence-corrected chi connectivity index (χ4v) is 5.49. The summed E-state index contributed by atoms with van der Waals surface area (Å²) in [5.74, 6) is 0.344. The van der Waals surface area contributed by atoms with Gasteiger partial charge in [0.2, 0.25) is 0 Å². The molecule has 34 heavy (non-hydrogen) atoms. The van der Waals surface area contributed by atoms with Crippen molar-refractivity contribution in [3.05, 3.63) is 81.2 Å². The lowest BCUT2D eigenvalue weighted by atomic mass is 9.72. The van der Waals surface area contributed by atoms with Crippen molar-refractivity contribution in [2.24, 2.45) is 16.3 Å². The number of ether oxygens (including phenoxy) is 1. The molecule has 0 saturated heterocycles. The lowest BCUT2D eigenvalue weighted by Gasteiger charge is -2.33. The summed E-state index contributed by atoms with van der Waals surface area (Å²) >= 11 is 1.64. The summed E-state index contributed by atoms with van der Waals surface area (Å²) in [6, 6.07) is 16.7. The molecule has 1 heterocycles. The van der Waals surface area contributed by atoms with Gasteiger partial charge in [0.15, 0.2) is 0 Å². The predicted octanol–water partition coefficient (Wildman–Crippen LogP) is 6.80. The fourth-order valence-electron chi connectivity index (χ4n) is 4.27. The third-order valence-electron chi connectivity index (χ3n) is 6.42. The van der Waals surface area contributed by atoms with Gasteiger partial charge >= 0.3 is 5.97 Å². The summed E-state index contributed by atoms with van der Waals surface area (Å²) < 4.78 is 6.00. The number of rotatable bonds is 6. The van der Waals surface area contributed by atoms with Gasteiger partial charge in [-0.3, -0.25) is 0 Å². The van der Waals surface area contributed by atoms with Crippen molar-refractivity contribution in [1.82, 2.24) is 0 Å². The van der Waals surface area contributed by atoms with Crippen LogP contribution in [0.15, 0.2) is 53.5 Å². The summed E-state index contributed by atoms with van der Waals surface area (Å²) in [4.78, 5) is 17.0. The van der Waals surface area contributed by atoms with E-state index in [0.717, 1.165) is 35.4 Å². The van der Waals surface area contributed by atoms with E-state index in [1.807, 2.05) is 24.3 Å². The Morgan fingerprint density at radius 1 is 1.24 bits per heavy atom. The van der Waals surface area contributed by atoms with E-state index in [1.165, 1.54) is 10.4 Å².